The molecular formula is C22H30N4O5. The number of carbonyl (C=O) groups is 1. The van der Waals surface area contributed by atoms with Gasteiger partial charge in [-0.15, -0.1) is 0 Å². The molecule has 0 amide bonds. The van der Waals surface area contributed by atoms with Crippen LogP contribution in [0.15, 0.2) is 34.5 Å². The first-order chi connectivity index (χ1) is 15.2. The molecule has 1 aromatic carbocycles. The lowest BCUT2D eigenvalue weighted by Gasteiger charge is -2.32. The van der Waals surface area contributed by atoms with E-state index in [4.69, 9.17) is 19.4 Å². The largest absolute Gasteiger partial charge is 0.480 e. The van der Waals surface area contributed by atoms with Crippen LogP contribution in [0.2, 0.25) is 0 Å². The SMILES string of the molecule is O=C(O)COC1CCN(CC2CC(c3ccc(/C=N/N4CCOCC4)cc3)=NO2)CC1. The van der Waals surface area contributed by atoms with Gasteiger partial charge in [0, 0.05) is 26.1 Å². The highest BCUT2D eigenvalue weighted by Crippen LogP contribution is 2.20. The molecule has 0 aliphatic carbocycles. The monoisotopic (exact) mass is 430 g/mol. The summed E-state index contributed by atoms with van der Waals surface area (Å²) in [5.41, 5.74) is 3.10. The van der Waals surface area contributed by atoms with Crippen LogP contribution in [0.5, 0.6) is 0 Å². The van der Waals surface area contributed by atoms with Crippen molar-refractivity contribution < 1.29 is 24.2 Å². The molecule has 2 saturated heterocycles. The maximum atomic E-state index is 10.6. The summed E-state index contributed by atoms with van der Waals surface area (Å²) in [6.45, 7) is 5.50. The second-order valence-electron chi connectivity index (χ2n) is 8.11. The first-order valence-electron chi connectivity index (χ1n) is 10.9. The number of ether oxygens (including phenoxy) is 2. The Bertz CT molecular complexity index is 784. The average Bonchev–Trinajstić information content (AvgIpc) is 3.27. The van der Waals surface area contributed by atoms with Crippen molar-refractivity contribution in [2.24, 2.45) is 10.3 Å². The number of oxime groups is 1. The lowest BCUT2D eigenvalue weighted by Crippen LogP contribution is -2.41. The van der Waals surface area contributed by atoms with Crippen LogP contribution in [0.4, 0.5) is 0 Å². The molecule has 1 N–H and O–H groups in total. The number of piperidine rings is 1. The van der Waals surface area contributed by atoms with Crippen LogP contribution >= 0.6 is 0 Å². The van der Waals surface area contributed by atoms with Crippen molar-refractivity contribution in [2.75, 3.05) is 52.5 Å². The second kappa shape index (κ2) is 10.7. The maximum absolute atomic E-state index is 10.6. The van der Waals surface area contributed by atoms with E-state index in [9.17, 15) is 4.79 Å². The molecule has 9 heteroatoms. The van der Waals surface area contributed by atoms with Crippen LogP contribution < -0.4 is 0 Å². The van der Waals surface area contributed by atoms with E-state index in [0.717, 1.165) is 82.0 Å². The van der Waals surface area contributed by atoms with Crippen LogP contribution in [0.3, 0.4) is 0 Å². The summed E-state index contributed by atoms with van der Waals surface area (Å²) in [6, 6.07) is 8.24. The van der Waals surface area contributed by atoms with Gasteiger partial charge in [-0.05, 0) is 24.0 Å². The van der Waals surface area contributed by atoms with E-state index in [1.807, 2.05) is 11.2 Å². The minimum atomic E-state index is -0.913. The van der Waals surface area contributed by atoms with Gasteiger partial charge in [0.05, 0.1) is 44.3 Å². The van der Waals surface area contributed by atoms with Crippen molar-refractivity contribution in [1.82, 2.24) is 9.91 Å². The van der Waals surface area contributed by atoms with Gasteiger partial charge in [-0.1, -0.05) is 29.4 Å². The Kier molecular flexibility index (Phi) is 7.50. The van der Waals surface area contributed by atoms with Gasteiger partial charge in [-0.3, -0.25) is 9.91 Å². The van der Waals surface area contributed by atoms with Crippen molar-refractivity contribution in [3.05, 3.63) is 35.4 Å². The van der Waals surface area contributed by atoms with Crippen molar-refractivity contribution in [1.29, 1.82) is 0 Å². The molecule has 3 aliphatic heterocycles. The number of carboxylic acid groups (broad SMARTS) is 1. The fourth-order valence-corrected chi connectivity index (χ4v) is 4.01. The lowest BCUT2D eigenvalue weighted by molar-refractivity contribution is -0.145. The smallest absolute Gasteiger partial charge is 0.329 e. The third-order valence-electron chi connectivity index (χ3n) is 5.77. The minimum absolute atomic E-state index is 0.0361. The molecule has 0 saturated carbocycles. The summed E-state index contributed by atoms with van der Waals surface area (Å²) >= 11 is 0. The number of nitrogens with zero attached hydrogens (tertiary/aromatic N) is 4. The van der Waals surface area contributed by atoms with Gasteiger partial charge in [-0.25, -0.2) is 4.79 Å². The number of hydrogen-bond acceptors (Lipinski definition) is 8. The lowest BCUT2D eigenvalue weighted by atomic mass is 10.0. The number of hydrazone groups is 1. The molecule has 3 aliphatic rings. The second-order valence-corrected chi connectivity index (χ2v) is 8.11. The van der Waals surface area contributed by atoms with E-state index in [2.05, 4.69) is 39.4 Å². The summed E-state index contributed by atoms with van der Waals surface area (Å²) < 4.78 is 10.7. The molecule has 2 fully saturated rings. The standard InChI is InChI=1S/C22H30N4O5/c27-22(28)16-30-19-5-7-25(8-6-19)15-20-13-21(24-31-20)18-3-1-17(2-4-18)14-23-26-9-11-29-12-10-26/h1-4,14,19-20H,5-13,15-16H2,(H,27,28)/b23-14+. The highest BCUT2D eigenvalue weighted by molar-refractivity contribution is 6.01. The molecule has 3 heterocycles. The third kappa shape index (κ3) is 6.49. The van der Waals surface area contributed by atoms with Crippen molar-refractivity contribution in [3.63, 3.8) is 0 Å². The molecule has 1 aromatic rings. The van der Waals surface area contributed by atoms with E-state index in [0.29, 0.717) is 0 Å². The van der Waals surface area contributed by atoms with Gasteiger partial charge >= 0.3 is 5.97 Å². The van der Waals surface area contributed by atoms with E-state index in [-0.39, 0.29) is 18.8 Å². The highest BCUT2D eigenvalue weighted by Gasteiger charge is 2.27. The summed E-state index contributed by atoms with van der Waals surface area (Å²) in [7, 11) is 0. The summed E-state index contributed by atoms with van der Waals surface area (Å²) in [5, 5.41) is 19.6. The molecule has 0 bridgehead atoms. The molecule has 9 nitrogen and oxygen atoms in total. The maximum Gasteiger partial charge on any atom is 0.329 e. The normalized spacial score (nSPS) is 23.2. The van der Waals surface area contributed by atoms with Crippen molar-refractivity contribution in [3.8, 4) is 0 Å². The summed E-state index contributed by atoms with van der Waals surface area (Å²) in [6.07, 6.45) is 4.45. The van der Waals surface area contributed by atoms with Gasteiger partial charge in [-0.2, -0.15) is 5.10 Å². The molecule has 31 heavy (non-hydrogen) atoms. The van der Waals surface area contributed by atoms with Crippen molar-refractivity contribution >= 4 is 17.9 Å². The minimum Gasteiger partial charge on any atom is -0.480 e. The molecule has 168 valence electrons. The highest BCUT2D eigenvalue weighted by atomic mass is 16.6. The number of rotatable bonds is 8. The van der Waals surface area contributed by atoms with E-state index in [1.165, 1.54) is 0 Å². The van der Waals surface area contributed by atoms with Gasteiger partial charge in [0.1, 0.15) is 12.7 Å². The predicted molar refractivity (Wildman–Crippen MR) is 116 cm³/mol. The zero-order valence-electron chi connectivity index (χ0n) is 17.7. The van der Waals surface area contributed by atoms with Crippen LogP contribution in [-0.4, -0.2) is 97.7 Å². The average molecular weight is 431 g/mol. The fraction of sp³-hybridized carbons (Fsp3) is 0.591. The number of carboxylic acids is 1. The fourth-order valence-electron chi connectivity index (χ4n) is 4.01. The van der Waals surface area contributed by atoms with Crippen LogP contribution in [-0.2, 0) is 19.1 Å². The zero-order valence-corrected chi connectivity index (χ0v) is 17.7. The number of hydrogen-bond donors (Lipinski definition) is 1. The number of likely N-dealkylation sites (tertiary alicyclic amines) is 1. The number of aliphatic carboxylic acids is 1. The van der Waals surface area contributed by atoms with E-state index < -0.39 is 5.97 Å². The molecule has 1 unspecified atom stereocenters. The quantitative estimate of drug-likeness (QED) is 0.623. The Morgan fingerprint density at radius 3 is 2.65 bits per heavy atom. The Morgan fingerprint density at radius 1 is 1.19 bits per heavy atom. The Morgan fingerprint density at radius 2 is 1.94 bits per heavy atom. The molecule has 4 rings (SSSR count). The molecule has 0 radical (unpaired) electrons. The third-order valence-corrected chi connectivity index (χ3v) is 5.77. The molecule has 0 aromatic heterocycles. The van der Waals surface area contributed by atoms with Crippen molar-refractivity contribution in [2.45, 2.75) is 31.5 Å². The van der Waals surface area contributed by atoms with Gasteiger partial charge in [0.25, 0.3) is 0 Å². The first kappa shape index (κ1) is 21.7. The first-order valence-corrected chi connectivity index (χ1v) is 10.9. The topological polar surface area (TPSA) is 96.2 Å². The zero-order chi connectivity index (χ0) is 21.5. The van der Waals surface area contributed by atoms with E-state index in [1.54, 1.807) is 0 Å². The Balaban J connectivity index is 1.20. The van der Waals surface area contributed by atoms with E-state index >= 15 is 0 Å². The number of morpholine rings is 1. The summed E-state index contributed by atoms with van der Waals surface area (Å²) in [4.78, 5) is 18.6. The molecule has 0 spiro atoms. The van der Waals surface area contributed by atoms with Gasteiger partial charge < -0.3 is 19.4 Å². The van der Waals surface area contributed by atoms with Gasteiger partial charge in [0.2, 0.25) is 0 Å². The summed E-state index contributed by atoms with van der Waals surface area (Å²) in [5.74, 6) is -0.913. The van der Waals surface area contributed by atoms with Crippen LogP contribution in [0.1, 0.15) is 30.4 Å². The molecule has 1 atom stereocenters. The number of benzene rings is 1. The van der Waals surface area contributed by atoms with Crippen LogP contribution in [0, 0.1) is 0 Å². The van der Waals surface area contributed by atoms with Gasteiger partial charge in [0.15, 0.2) is 0 Å². The molecular weight excluding hydrogens is 400 g/mol. The Labute approximate surface area is 182 Å². The van der Waals surface area contributed by atoms with Crippen LogP contribution in [0.25, 0.3) is 0 Å². The predicted octanol–water partition coefficient (Wildman–Crippen LogP) is 1.41. The Hall–Kier alpha value is -2.49.